The van der Waals surface area contributed by atoms with Crippen molar-refractivity contribution in [1.82, 2.24) is 0 Å². The SMILES string of the molecule is Cc1ccc(F)cc1NC(=O)c1cc(N)ccc1F. The molecule has 3 N–H and O–H groups in total. The number of hydrogen-bond acceptors (Lipinski definition) is 2. The first-order chi connectivity index (χ1) is 8.97. The molecule has 2 aromatic carbocycles. The number of nitrogen functional groups attached to an aromatic ring is 1. The standard InChI is InChI=1S/C14H12F2N2O/c1-8-2-3-9(15)6-13(8)18-14(19)11-7-10(17)4-5-12(11)16/h2-7H,17H2,1H3,(H,18,19). The van der Waals surface area contributed by atoms with Crippen molar-refractivity contribution in [3.63, 3.8) is 0 Å². The summed E-state index contributed by atoms with van der Waals surface area (Å²) in [6.45, 7) is 1.71. The fourth-order valence-corrected chi connectivity index (χ4v) is 1.64. The van der Waals surface area contributed by atoms with Gasteiger partial charge in [0.05, 0.1) is 5.56 Å². The Morgan fingerprint density at radius 1 is 1.16 bits per heavy atom. The Bertz CT molecular complexity index is 641. The van der Waals surface area contributed by atoms with E-state index < -0.39 is 17.5 Å². The molecule has 3 nitrogen and oxygen atoms in total. The molecule has 0 aliphatic carbocycles. The fourth-order valence-electron chi connectivity index (χ4n) is 1.64. The molecule has 98 valence electrons. The monoisotopic (exact) mass is 262 g/mol. The summed E-state index contributed by atoms with van der Waals surface area (Å²) in [5.41, 5.74) is 6.59. The van der Waals surface area contributed by atoms with Crippen LogP contribution in [0.25, 0.3) is 0 Å². The molecule has 0 heterocycles. The summed E-state index contributed by atoms with van der Waals surface area (Å²) in [6, 6.07) is 7.70. The van der Waals surface area contributed by atoms with E-state index in [1.165, 1.54) is 30.3 Å². The van der Waals surface area contributed by atoms with Crippen LogP contribution in [0.3, 0.4) is 0 Å². The zero-order valence-electron chi connectivity index (χ0n) is 10.2. The Morgan fingerprint density at radius 2 is 1.89 bits per heavy atom. The molecule has 2 rings (SSSR count). The van der Waals surface area contributed by atoms with E-state index in [4.69, 9.17) is 5.73 Å². The molecule has 5 heteroatoms. The van der Waals surface area contributed by atoms with Gasteiger partial charge in [-0.1, -0.05) is 6.07 Å². The van der Waals surface area contributed by atoms with Crippen LogP contribution in [0.5, 0.6) is 0 Å². The number of amides is 1. The summed E-state index contributed by atoms with van der Waals surface area (Å²) in [4.78, 5) is 11.9. The predicted octanol–water partition coefficient (Wildman–Crippen LogP) is 3.11. The quantitative estimate of drug-likeness (QED) is 0.817. The molecule has 19 heavy (non-hydrogen) atoms. The van der Waals surface area contributed by atoms with Gasteiger partial charge in [0.2, 0.25) is 0 Å². The summed E-state index contributed by atoms with van der Waals surface area (Å²) in [5, 5.41) is 2.46. The highest BCUT2D eigenvalue weighted by molar-refractivity contribution is 6.05. The van der Waals surface area contributed by atoms with Gasteiger partial charge in [0.25, 0.3) is 5.91 Å². The smallest absolute Gasteiger partial charge is 0.258 e. The first kappa shape index (κ1) is 13.0. The molecule has 0 fully saturated rings. The van der Waals surface area contributed by atoms with Gasteiger partial charge in [-0.15, -0.1) is 0 Å². The first-order valence-corrected chi connectivity index (χ1v) is 5.60. The molecule has 0 aliphatic rings. The second-order valence-electron chi connectivity index (χ2n) is 4.15. The molecule has 0 radical (unpaired) electrons. The topological polar surface area (TPSA) is 55.1 Å². The van der Waals surface area contributed by atoms with E-state index in [9.17, 15) is 13.6 Å². The average molecular weight is 262 g/mol. The van der Waals surface area contributed by atoms with Gasteiger partial charge in [0.1, 0.15) is 11.6 Å². The largest absolute Gasteiger partial charge is 0.399 e. The van der Waals surface area contributed by atoms with Crippen LogP contribution in [0.1, 0.15) is 15.9 Å². The molecule has 0 saturated heterocycles. The van der Waals surface area contributed by atoms with E-state index in [-0.39, 0.29) is 11.3 Å². The van der Waals surface area contributed by atoms with Crippen LogP contribution in [0, 0.1) is 18.6 Å². The van der Waals surface area contributed by atoms with Gasteiger partial charge < -0.3 is 11.1 Å². The summed E-state index contributed by atoms with van der Waals surface area (Å²) >= 11 is 0. The third-order valence-corrected chi connectivity index (χ3v) is 2.68. The second kappa shape index (κ2) is 5.06. The minimum absolute atomic E-state index is 0.177. The van der Waals surface area contributed by atoms with Crippen LogP contribution in [-0.2, 0) is 0 Å². The Morgan fingerprint density at radius 3 is 2.63 bits per heavy atom. The highest BCUT2D eigenvalue weighted by Gasteiger charge is 2.13. The lowest BCUT2D eigenvalue weighted by Gasteiger charge is -2.09. The zero-order chi connectivity index (χ0) is 14.0. The number of aryl methyl sites for hydroxylation is 1. The number of rotatable bonds is 2. The van der Waals surface area contributed by atoms with Crippen LogP contribution in [0.15, 0.2) is 36.4 Å². The number of carbonyl (C=O) groups is 1. The van der Waals surface area contributed by atoms with Crippen LogP contribution < -0.4 is 11.1 Å². The van der Waals surface area contributed by atoms with Crippen molar-refractivity contribution >= 4 is 17.3 Å². The van der Waals surface area contributed by atoms with Crippen LogP contribution >= 0.6 is 0 Å². The van der Waals surface area contributed by atoms with Gasteiger partial charge in [-0.2, -0.15) is 0 Å². The Kier molecular flexibility index (Phi) is 3.46. The van der Waals surface area contributed by atoms with Gasteiger partial charge in [-0.05, 0) is 42.8 Å². The van der Waals surface area contributed by atoms with Crippen molar-refractivity contribution in [2.45, 2.75) is 6.92 Å². The lowest BCUT2D eigenvalue weighted by Crippen LogP contribution is -2.15. The fraction of sp³-hybridized carbons (Fsp3) is 0.0714. The average Bonchev–Trinajstić information content (AvgIpc) is 2.36. The van der Waals surface area contributed by atoms with E-state index in [2.05, 4.69) is 5.32 Å². The molecule has 0 aromatic heterocycles. The Balaban J connectivity index is 2.30. The summed E-state index contributed by atoms with van der Waals surface area (Å²) in [7, 11) is 0. The maximum atomic E-state index is 13.5. The molecular formula is C14H12F2N2O. The molecule has 2 aromatic rings. The number of benzene rings is 2. The number of hydrogen-bond donors (Lipinski definition) is 2. The normalized spacial score (nSPS) is 10.3. The molecular weight excluding hydrogens is 250 g/mol. The number of carbonyl (C=O) groups excluding carboxylic acids is 1. The summed E-state index contributed by atoms with van der Waals surface area (Å²) in [5.74, 6) is -1.83. The lowest BCUT2D eigenvalue weighted by atomic mass is 10.1. The number of nitrogens with one attached hydrogen (secondary N) is 1. The third-order valence-electron chi connectivity index (χ3n) is 2.68. The van der Waals surface area contributed by atoms with Gasteiger partial charge in [0.15, 0.2) is 0 Å². The van der Waals surface area contributed by atoms with E-state index in [0.717, 1.165) is 6.07 Å². The maximum Gasteiger partial charge on any atom is 0.258 e. The molecule has 0 saturated carbocycles. The number of halogens is 2. The van der Waals surface area contributed by atoms with Crippen molar-refractivity contribution in [2.24, 2.45) is 0 Å². The van der Waals surface area contributed by atoms with E-state index in [1.54, 1.807) is 6.92 Å². The summed E-state index contributed by atoms with van der Waals surface area (Å²) in [6.07, 6.45) is 0. The minimum Gasteiger partial charge on any atom is -0.399 e. The van der Waals surface area contributed by atoms with Gasteiger partial charge >= 0.3 is 0 Å². The molecule has 0 atom stereocenters. The molecule has 0 bridgehead atoms. The van der Waals surface area contributed by atoms with Crippen molar-refractivity contribution < 1.29 is 13.6 Å². The molecule has 1 amide bonds. The minimum atomic E-state index is -0.680. The third kappa shape index (κ3) is 2.88. The molecule has 0 unspecified atom stereocenters. The Labute approximate surface area is 109 Å². The summed E-state index contributed by atoms with van der Waals surface area (Å²) < 4.78 is 26.6. The van der Waals surface area contributed by atoms with Crippen molar-refractivity contribution in [1.29, 1.82) is 0 Å². The van der Waals surface area contributed by atoms with Gasteiger partial charge in [-0.25, -0.2) is 8.78 Å². The van der Waals surface area contributed by atoms with Crippen molar-refractivity contribution in [3.05, 3.63) is 59.2 Å². The van der Waals surface area contributed by atoms with E-state index >= 15 is 0 Å². The van der Waals surface area contributed by atoms with Crippen LogP contribution in [0.4, 0.5) is 20.2 Å². The van der Waals surface area contributed by atoms with Crippen LogP contribution in [0.2, 0.25) is 0 Å². The first-order valence-electron chi connectivity index (χ1n) is 5.60. The Hall–Kier alpha value is -2.43. The number of nitrogens with two attached hydrogens (primary N) is 1. The van der Waals surface area contributed by atoms with Crippen molar-refractivity contribution in [3.8, 4) is 0 Å². The van der Waals surface area contributed by atoms with Crippen LogP contribution in [-0.4, -0.2) is 5.91 Å². The zero-order valence-corrected chi connectivity index (χ0v) is 10.2. The highest BCUT2D eigenvalue weighted by atomic mass is 19.1. The maximum absolute atomic E-state index is 13.5. The highest BCUT2D eigenvalue weighted by Crippen LogP contribution is 2.19. The van der Waals surface area contributed by atoms with E-state index in [1.807, 2.05) is 0 Å². The lowest BCUT2D eigenvalue weighted by molar-refractivity contribution is 0.102. The van der Waals surface area contributed by atoms with E-state index in [0.29, 0.717) is 11.3 Å². The molecule has 0 spiro atoms. The van der Waals surface area contributed by atoms with Gasteiger partial charge in [-0.3, -0.25) is 4.79 Å². The number of anilines is 2. The second-order valence-corrected chi connectivity index (χ2v) is 4.15. The molecule has 0 aliphatic heterocycles. The van der Waals surface area contributed by atoms with Gasteiger partial charge in [0, 0.05) is 11.4 Å². The van der Waals surface area contributed by atoms with Crippen molar-refractivity contribution in [2.75, 3.05) is 11.1 Å². The predicted molar refractivity (Wildman–Crippen MR) is 69.9 cm³/mol.